The minimum atomic E-state index is 0.288. The molecule has 2 saturated heterocycles. The summed E-state index contributed by atoms with van der Waals surface area (Å²) in [5.74, 6) is 0.288. The second kappa shape index (κ2) is 4.97. The van der Waals surface area contributed by atoms with Crippen LogP contribution in [-0.4, -0.2) is 48.9 Å². The summed E-state index contributed by atoms with van der Waals surface area (Å²) < 4.78 is 0. The van der Waals surface area contributed by atoms with E-state index in [0.717, 1.165) is 18.7 Å². The lowest BCUT2D eigenvalue weighted by atomic mass is 9.72. The van der Waals surface area contributed by atoms with Gasteiger partial charge in [-0.1, -0.05) is 30.3 Å². The lowest BCUT2D eigenvalue weighted by molar-refractivity contribution is -0.145. The summed E-state index contributed by atoms with van der Waals surface area (Å²) in [7, 11) is 2.18. The number of nitrogens with zero attached hydrogens (tertiary/aromatic N) is 2. The summed E-state index contributed by atoms with van der Waals surface area (Å²) in [5.41, 5.74) is 1.57. The van der Waals surface area contributed by atoms with Crippen molar-refractivity contribution in [2.45, 2.75) is 19.3 Å². The molecule has 1 amide bonds. The van der Waals surface area contributed by atoms with Gasteiger partial charge in [-0.3, -0.25) is 4.79 Å². The molecule has 3 nitrogen and oxygen atoms in total. The van der Waals surface area contributed by atoms with Gasteiger partial charge in [-0.25, -0.2) is 0 Å². The summed E-state index contributed by atoms with van der Waals surface area (Å²) in [5, 5.41) is 0. The first-order chi connectivity index (χ1) is 9.17. The van der Waals surface area contributed by atoms with Gasteiger partial charge in [0.15, 0.2) is 0 Å². The van der Waals surface area contributed by atoms with Crippen LogP contribution in [0.5, 0.6) is 0 Å². The molecule has 1 aromatic rings. The number of hydrogen-bond acceptors (Lipinski definition) is 2. The number of carbonyl (C=O) groups is 1. The SMILES string of the molecule is CN1CCC2(CC1)CN(C(=O)Cc1ccccc1)C2. The maximum atomic E-state index is 12.2. The Labute approximate surface area is 115 Å². The first-order valence-electron chi connectivity index (χ1n) is 7.17. The molecule has 0 unspecified atom stereocenters. The zero-order chi connectivity index (χ0) is 13.3. The lowest BCUT2D eigenvalue weighted by Gasteiger charge is -2.53. The first kappa shape index (κ1) is 12.7. The van der Waals surface area contributed by atoms with Crippen LogP contribution >= 0.6 is 0 Å². The van der Waals surface area contributed by atoms with Gasteiger partial charge in [0, 0.05) is 18.5 Å². The number of rotatable bonds is 2. The fourth-order valence-electron chi connectivity index (χ4n) is 3.23. The molecule has 0 bridgehead atoms. The summed E-state index contributed by atoms with van der Waals surface area (Å²) in [4.78, 5) is 16.6. The van der Waals surface area contributed by atoms with Crippen LogP contribution in [-0.2, 0) is 11.2 Å². The molecule has 3 heteroatoms. The summed E-state index contributed by atoms with van der Waals surface area (Å²) in [6.45, 7) is 4.32. The standard InChI is InChI=1S/C16H22N2O/c1-17-9-7-16(8-10-17)12-18(13-16)15(19)11-14-5-3-2-4-6-14/h2-6H,7-13H2,1H3. The van der Waals surface area contributed by atoms with Gasteiger partial charge in [-0.2, -0.15) is 0 Å². The highest BCUT2D eigenvalue weighted by atomic mass is 16.2. The van der Waals surface area contributed by atoms with E-state index < -0.39 is 0 Å². The van der Waals surface area contributed by atoms with Crippen molar-refractivity contribution >= 4 is 5.91 Å². The number of amides is 1. The van der Waals surface area contributed by atoms with Crippen molar-refractivity contribution in [2.75, 3.05) is 33.2 Å². The van der Waals surface area contributed by atoms with Gasteiger partial charge in [-0.05, 0) is 38.5 Å². The third-order valence-corrected chi connectivity index (χ3v) is 4.65. The third kappa shape index (κ3) is 2.66. The molecule has 1 spiro atoms. The van der Waals surface area contributed by atoms with E-state index in [9.17, 15) is 4.79 Å². The Balaban J connectivity index is 1.52. The van der Waals surface area contributed by atoms with Crippen LogP contribution < -0.4 is 0 Å². The fourth-order valence-corrected chi connectivity index (χ4v) is 3.23. The van der Waals surface area contributed by atoms with Gasteiger partial charge in [0.05, 0.1) is 6.42 Å². The molecule has 0 aliphatic carbocycles. The molecule has 2 aliphatic heterocycles. The van der Waals surface area contributed by atoms with Gasteiger partial charge in [-0.15, -0.1) is 0 Å². The van der Waals surface area contributed by atoms with Gasteiger partial charge in [0.2, 0.25) is 5.91 Å². The Hall–Kier alpha value is -1.35. The molecule has 0 aromatic heterocycles. The summed E-state index contributed by atoms with van der Waals surface area (Å²) in [6.07, 6.45) is 3.05. The molecule has 1 aromatic carbocycles. The van der Waals surface area contributed by atoms with Gasteiger partial charge in [0.25, 0.3) is 0 Å². The Morgan fingerprint density at radius 2 is 1.79 bits per heavy atom. The Kier molecular flexibility index (Phi) is 3.31. The van der Waals surface area contributed by atoms with E-state index in [-0.39, 0.29) is 5.91 Å². The van der Waals surface area contributed by atoms with Crippen molar-refractivity contribution < 1.29 is 4.79 Å². The molecule has 19 heavy (non-hydrogen) atoms. The molecule has 0 atom stereocenters. The zero-order valence-electron chi connectivity index (χ0n) is 11.6. The Bertz CT molecular complexity index is 441. The number of benzene rings is 1. The van der Waals surface area contributed by atoms with Crippen molar-refractivity contribution in [2.24, 2.45) is 5.41 Å². The largest absolute Gasteiger partial charge is 0.341 e. The quantitative estimate of drug-likeness (QED) is 0.807. The fraction of sp³-hybridized carbons (Fsp3) is 0.562. The van der Waals surface area contributed by atoms with Crippen LogP contribution in [0.25, 0.3) is 0 Å². The van der Waals surface area contributed by atoms with Crippen LogP contribution in [0.1, 0.15) is 18.4 Å². The third-order valence-electron chi connectivity index (χ3n) is 4.65. The van der Waals surface area contributed by atoms with Crippen molar-refractivity contribution in [1.29, 1.82) is 0 Å². The maximum Gasteiger partial charge on any atom is 0.227 e. The topological polar surface area (TPSA) is 23.6 Å². The highest BCUT2D eigenvalue weighted by molar-refractivity contribution is 5.79. The number of hydrogen-bond donors (Lipinski definition) is 0. The molecule has 0 radical (unpaired) electrons. The predicted octanol–water partition coefficient (Wildman–Crippen LogP) is 1.78. The van der Waals surface area contributed by atoms with Crippen LogP contribution in [0, 0.1) is 5.41 Å². The monoisotopic (exact) mass is 258 g/mol. The molecular weight excluding hydrogens is 236 g/mol. The number of carbonyl (C=O) groups excluding carboxylic acids is 1. The van der Waals surface area contributed by atoms with Gasteiger partial charge in [0.1, 0.15) is 0 Å². The predicted molar refractivity (Wildman–Crippen MR) is 75.9 cm³/mol. The molecule has 2 aliphatic rings. The molecular formula is C16H22N2O. The van der Waals surface area contributed by atoms with E-state index in [4.69, 9.17) is 0 Å². The minimum Gasteiger partial charge on any atom is -0.341 e. The van der Waals surface area contributed by atoms with Crippen molar-refractivity contribution in [3.63, 3.8) is 0 Å². The Morgan fingerprint density at radius 1 is 1.16 bits per heavy atom. The average Bonchev–Trinajstić information content (AvgIpc) is 2.38. The molecule has 102 valence electrons. The lowest BCUT2D eigenvalue weighted by Crippen LogP contribution is -2.61. The van der Waals surface area contributed by atoms with Crippen molar-refractivity contribution in [3.8, 4) is 0 Å². The molecule has 0 saturated carbocycles. The van der Waals surface area contributed by atoms with Crippen molar-refractivity contribution in [3.05, 3.63) is 35.9 Å². The minimum absolute atomic E-state index is 0.288. The second-order valence-corrected chi connectivity index (χ2v) is 6.22. The van der Waals surface area contributed by atoms with E-state index in [1.165, 1.54) is 25.9 Å². The smallest absolute Gasteiger partial charge is 0.227 e. The van der Waals surface area contributed by atoms with E-state index in [1.54, 1.807) is 0 Å². The van der Waals surface area contributed by atoms with Crippen LogP contribution in [0.15, 0.2) is 30.3 Å². The van der Waals surface area contributed by atoms with Crippen LogP contribution in [0.2, 0.25) is 0 Å². The van der Waals surface area contributed by atoms with Crippen molar-refractivity contribution in [1.82, 2.24) is 9.80 Å². The van der Waals surface area contributed by atoms with E-state index in [1.807, 2.05) is 35.2 Å². The first-order valence-corrected chi connectivity index (χ1v) is 7.17. The van der Waals surface area contributed by atoms with E-state index >= 15 is 0 Å². The summed E-state index contributed by atoms with van der Waals surface area (Å²) >= 11 is 0. The number of likely N-dealkylation sites (tertiary alicyclic amines) is 2. The van der Waals surface area contributed by atoms with E-state index in [0.29, 0.717) is 11.8 Å². The van der Waals surface area contributed by atoms with Crippen LogP contribution in [0.4, 0.5) is 0 Å². The molecule has 3 rings (SSSR count). The highest BCUT2D eigenvalue weighted by Crippen LogP contribution is 2.40. The average molecular weight is 258 g/mol. The summed E-state index contributed by atoms with van der Waals surface area (Å²) in [6, 6.07) is 10.0. The maximum absolute atomic E-state index is 12.2. The second-order valence-electron chi connectivity index (χ2n) is 6.22. The van der Waals surface area contributed by atoms with Crippen LogP contribution in [0.3, 0.4) is 0 Å². The van der Waals surface area contributed by atoms with Gasteiger partial charge < -0.3 is 9.80 Å². The zero-order valence-corrected chi connectivity index (χ0v) is 11.6. The highest BCUT2D eigenvalue weighted by Gasteiger charge is 2.45. The number of piperidine rings is 1. The normalized spacial score (nSPS) is 22.3. The van der Waals surface area contributed by atoms with Gasteiger partial charge >= 0.3 is 0 Å². The molecule has 2 heterocycles. The molecule has 2 fully saturated rings. The van der Waals surface area contributed by atoms with E-state index in [2.05, 4.69) is 11.9 Å². The molecule has 0 N–H and O–H groups in total. The Morgan fingerprint density at radius 3 is 2.42 bits per heavy atom.